The molecule has 6 heteroatoms. The minimum Gasteiger partial charge on any atom is -0.459 e. The number of rotatable bonds is 4. The Labute approximate surface area is 168 Å². The van der Waals surface area contributed by atoms with E-state index in [2.05, 4.69) is 31.2 Å². The number of carbonyl (C=O) groups excluding carboxylic acids is 1. The summed E-state index contributed by atoms with van der Waals surface area (Å²) < 4.78 is 17.9. The molecule has 3 rings (SSSR count). The Morgan fingerprint density at radius 1 is 1.15 bits per heavy atom. The second-order valence-corrected chi connectivity index (χ2v) is 7.74. The van der Waals surface area contributed by atoms with Gasteiger partial charge in [-0.15, -0.1) is 12.4 Å². The van der Waals surface area contributed by atoms with E-state index in [4.69, 9.17) is 19.9 Å². The van der Waals surface area contributed by atoms with Crippen LogP contribution in [0, 0.1) is 12.8 Å². The van der Waals surface area contributed by atoms with Crippen LogP contribution >= 0.6 is 12.4 Å². The zero-order valence-corrected chi connectivity index (χ0v) is 17.1. The van der Waals surface area contributed by atoms with Gasteiger partial charge in [0.05, 0.1) is 25.4 Å². The largest absolute Gasteiger partial charge is 0.459 e. The minimum absolute atomic E-state index is 0. The average molecular weight is 398 g/mol. The highest BCUT2D eigenvalue weighted by Gasteiger charge is 2.36. The molecule has 0 radical (unpaired) electrons. The maximum absolute atomic E-state index is 12.1. The quantitative estimate of drug-likeness (QED) is 0.790. The van der Waals surface area contributed by atoms with Crippen molar-refractivity contribution in [2.75, 3.05) is 13.2 Å². The molecule has 0 spiro atoms. The Kier molecular flexibility index (Phi) is 8.55. The van der Waals surface area contributed by atoms with Crippen molar-refractivity contribution in [1.82, 2.24) is 0 Å². The molecule has 0 bridgehead atoms. The van der Waals surface area contributed by atoms with Crippen LogP contribution in [0.25, 0.3) is 0 Å². The molecule has 2 N–H and O–H groups in total. The number of hydrogen-bond acceptors (Lipinski definition) is 5. The predicted octanol–water partition coefficient (Wildman–Crippen LogP) is 3.19. The summed E-state index contributed by atoms with van der Waals surface area (Å²) in [6, 6.07) is 7.81. The van der Waals surface area contributed by atoms with Crippen molar-refractivity contribution in [3.63, 3.8) is 0 Å². The van der Waals surface area contributed by atoms with Crippen molar-refractivity contribution in [3.05, 3.63) is 35.4 Å². The maximum Gasteiger partial charge on any atom is 0.325 e. The van der Waals surface area contributed by atoms with E-state index in [1.807, 2.05) is 6.92 Å². The fourth-order valence-corrected chi connectivity index (χ4v) is 3.90. The summed E-state index contributed by atoms with van der Waals surface area (Å²) in [6.45, 7) is 4.70. The lowest BCUT2D eigenvalue weighted by molar-refractivity contribution is -0.163. The van der Waals surface area contributed by atoms with Gasteiger partial charge >= 0.3 is 5.97 Å². The van der Waals surface area contributed by atoms with Crippen LogP contribution in [-0.4, -0.2) is 43.5 Å². The molecular weight excluding hydrogens is 366 g/mol. The smallest absolute Gasteiger partial charge is 0.325 e. The number of hydrogen-bond donors (Lipinski definition) is 1. The first-order chi connectivity index (χ1) is 12.5. The van der Waals surface area contributed by atoms with Gasteiger partial charge in [-0.25, -0.2) is 0 Å². The summed E-state index contributed by atoms with van der Waals surface area (Å²) >= 11 is 0. The SMILES string of the molecule is Cc1ccc(C[C@H]2COC[C@H](N)C(=O)O[C@@H](C)[C@@H]2OC2CCCC2)cc1.Cl. The summed E-state index contributed by atoms with van der Waals surface area (Å²) in [7, 11) is 0. The number of ether oxygens (including phenoxy) is 3. The van der Waals surface area contributed by atoms with E-state index in [0.717, 1.165) is 19.3 Å². The van der Waals surface area contributed by atoms with Crippen LogP contribution in [-0.2, 0) is 25.4 Å². The van der Waals surface area contributed by atoms with Crippen LogP contribution in [0.1, 0.15) is 43.7 Å². The summed E-state index contributed by atoms with van der Waals surface area (Å²) in [6.07, 6.45) is 5.11. The number of halogens is 1. The summed E-state index contributed by atoms with van der Waals surface area (Å²) in [5.41, 5.74) is 8.35. The third-order valence-corrected chi connectivity index (χ3v) is 5.43. The molecule has 0 amide bonds. The van der Waals surface area contributed by atoms with Gasteiger partial charge in [0.25, 0.3) is 0 Å². The molecule has 0 unspecified atom stereocenters. The minimum atomic E-state index is -0.734. The molecule has 4 atom stereocenters. The van der Waals surface area contributed by atoms with Gasteiger partial charge < -0.3 is 19.9 Å². The van der Waals surface area contributed by atoms with Crippen LogP contribution < -0.4 is 5.73 Å². The van der Waals surface area contributed by atoms with Gasteiger partial charge in [-0.1, -0.05) is 42.7 Å². The van der Waals surface area contributed by atoms with E-state index >= 15 is 0 Å². The van der Waals surface area contributed by atoms with E-state index in [1.54, 1.807) is 0 Å². The number of esters is 1. The van der Waals surface area contributed by atoms with Crippen molar-refractivity contribution < 1.29 is 19.0 Å². The van der Waals surface area contributed by atoms with Crippen LogP contribution in [0.3, 0.4) is 0 Å². The average Bonchev–Trinajstić information content (AvgIpc) is 3.13. The highest BCUT2D eigenvalue weighted by molar-refractivity contribution is 5.85. The number of nitrogens with two attached hydrogens (primary N) is 1. The monoisotopic (exact) mass is 397 g/mol. The molecule has 1 heterocycles. The lowest BCUT2D eigenvalue weighted by Gasteiger charge is -2.33. The molecule has 1 aliphatic heterocycles. The highest BCUT2D eigenvalue weighted by Crippen LogP contribution is 2.29. The Morgan fingerprint density at radius 3 is 2.48 bits per heavy atom. The van der Waals surface area contributed by atoms with Crippen molar-refractivity contribution >= 4 is 18.4 Å². The van der Waals surface area contributed by atoms with Crippen LogP contribution in [0.5, 0.6) is 0 Å². The zero-order valence-electron chi connectivity index (χ0n) is 16.3. The second kappa shape index (κ2) is 10.4. The second-order valence-electron chi connectivity index (χ2n) is 7.74. The lowest BCUT2D eigenvalue weighted by Crippen LogP contribution is -2.43. The summed E-state index contributed by atoms with van der Waals surface area (Å²) in [5.74, 6) is -0.292. The summed E-state index contributed by atoms with van der Waals surface area (Å²) in [4.78, 5) is 12.1. The number of carbonyl (C=O) groups is 1. The molecule has 2 fully saturated rings. The van der Waals surface area contributed by atoms with Crippen LogP contribution in [0.4, 0.5) is 0 Å². The zero-order chi connectivity index (χ0) is 18.5. The van der Waals surface area contributed by atoms with E-state index in [-0.39, 0.29) is 43.2 Å². The van der Waals surface area contributed by atoms with Gasteiger partial charge in [0, 0.05) is 5.92 Å². The fraction of sp³-hybridized carbons (Fsp3) is 0.667. The molecule has 1 saturated heterocycles. The molecule has 152 valence electrons. The highest BCUT2D eigenvalue weighted by atomic mass is 35.5. The first-order valence-corrected chi connectivity index (χ1v) is 9.77. The van der Waals surface area contributed by atoms with Gasteiger partial charge in [0.1, 0.15) is 12.1 Å². The van der Waals surface area contributed by atoms with E-state index < -0.39 is 12.0 Å². The lowest BCUT2D eigenvalue weighted by atomic mass is 9.91. The Hall–Kier alpha value is -1.14. The van der Waals surface area contributed by atoms with E-state index in [9.17, 15) is 4.79 Å². The van der Waals surface area contributed by atoms with Gasteiger partial charge in [0.15, 0.2) is 0 Å². The first kappa shape index (κ1) is 22.2. The number of cyclic esters (lactones) is 1. The van der Waals surface area contributed by atoms with Crippen LogP contribution in [0.2, 0.25) is 0 Å². The number of benzene rings is 1. The molecule has 1 saturated carbocycles. The van der Waals surface area contributed by atoms with Crippen molar-refractivity contribution in [3.8, 4) is 0 Å². The Balaban J connectivity index is 0.00000261. The van der Waals surface area contributed by atoms with Gasteiger partial charge in [0.2, 0.25) is 0 Å². The molecule has 0 aromatic heterocycles. The van der Waals surface area contributed by atoms with E-state index in [0.29, 0.717) is 6.61 Å². The first-order valence-electron chi connectivity index (χ1n) is 9.77. The third kappa shape index (κ3) is 6.18. The van der Waals surface area contributed by atoms with Gasteiger partial charge in [-0.05, 0) is 38.7 Å². The Bertz CT molecular complexity index is 588. The predicted molar refractivity (Wildman–Crippen MR) is 107 cm³/mol. The molecule has 1 aromatic carbocycles. The Morgan fingerprint density at radius 2 is 1.81 bits per heavy atom. The normalized spacial score (nSPS) is 30.0. The van der Waals surface area contributed by atoms with Crippen molar-refractivity contribution in [2.45, 2.75) is 70.3 Å². The molecule has 2 aliphatic rings. The van der Waals surface area contributed by atoms with Gasteiger partial charge in [-0.2, -0.15) is 0 Å². The fourth-order valence-electron chi connectivity index (χ4n) is 3.90. The van der Waals surface area contributed by atoms with Crippen molar-refractivity contribution in [1.29, 1.82) is 0 Å². The van der Waals surface area contributed by atoms with Crippen molar-refractivity contribution in [2.24, 2.45) is 11.7 Å². The molecule has 1 aliphatic carbocycles. The van der Waals surface area contributed by atoms with E-state index in [1.165, 1.54) is 24.0 Å². The molecule has 1 aromatic rings. The molecule has 27 heavy (non-hydrogen) atoms. The summed E-state index contributed by atoms with van der Waals surface area (Å²) in [5, 5.41) is 0. The topological polar surface area (TPSA) is 70.8 Å². The third-order valence-electron chi connectivity index (χ3n) is 5.43. The molecule has 5 nitrogen and oxygen atoms in total. The van der Waals surface area contributed by atoms with Crippen LogP contribution in [0.15, 0.2) is 24.3 Å². The standard InChI is InChI=1S/C21H31NO4.ClH/c1-14-7-9-16(10-8-14)11-17-12-24-13-19(22)21(23)25-15(2)20(17)26-18-5-3-4-6-18;/h7-10,15,17-20H,3-6,11-13,22H2,1-2H3;1H/t15-,17-,19-,20-;/m0./s1. The maximum atomic E-state index is 12.1. The number of aryl methyl sites for hydroxylation is 1. The molecular formula is C21H32ClNO4. The van der Waals surface area contributed by atoms with Gasteiger partial charge in [-0.3, -0.25) is 4.79 Å².